The number of hydrogen-bond acceptors (Lipinski definition) is 6. The molecule has 0 spiro atoms. The maximum Gasteiger partial charge on any atom is 0.268 e. The minimum absolute atomic E-state index is 0.101. The molecule has 0 aliphatic heterocycles. The number of carbonyl (C=O) groups is 1. The summed E-state index contributed by atoms with van der Waals surface area (Å²) in [7, 11) is 0. The van der Waals surface area contributed by atoms with Crippen molar-refractivity contribution in [3.05, 3.63) is 51.6 Å². The van der Waals surface area contributed by atoms with Crippen LogP contribution in [0.15, 0.2) is 22.7 Å². The molecule has 178 valence electrons. The molecule has 34 heavy (non-hydrogen) atoms. The molecular weight excluding hydrogens is 475 g/mol. The maximum atomic E-state index is 13.7. The number of aromatic nitrogens is 2. The molecule has 0 bridgehead atoms. The summed E-state index contributed by atoms with van der Waals surface area (Å²) in [6.45, 7) is 5.75. The third-order valence-electron chi connectivity index (χ3n) is 6.80. The van der Waals surface area contributed by atoms with Gasteiger partial charge in [0.2, 0.25) is 5.91 Å². The van der Waals surface area contributed by atoms with Crippen LogP contribution in [0.1, 0.15) is 74.9 Å². The number of rotatable bonds is 7. The molecule has 1 aliphatic rings. The molecule has 2 aromatic heterocycles. The van der Waals surface area contributed by atoms with Crippen LogP contribution < -0.4 is 5.32 Å². The van der Waals surface area contributed by atoms with Crippen LogP contribution in [0.3, 0.4) is 0 Å². The molecule has 3 aromatic rings. The fourth-order valence-electron chi connectivity index (χ4n) is 4.79. The van der Waals surface area contributed by atoms with Crippen molar-refractivity contribution < 1.29 is 13.7 Å². The van der Waals surface area contributed by atoms with E-state index in [0.29, 0.717) is 37.7 Å². The van der Waals surface area contributed by atoms with Crippen molar-refractivity contribution in [1.82, 2.24) is 10.1 Å². The summed E-state index contributed by atoms with van der Waals surface area (Å²) in [4.78, 5) is 18.0. The number of anilines is 1. The average molecular weight is 501 g/mol. The maximum absolute atomic E-state index is 13.7. The Balaban J connectivity index is 1.72. The van der Waals surface area contributed by atoms with Crippen molar-refractivity contribution in [2.24, 2.45) is 5.92 Å². The topological polar surface area (TPSA) is 91.8 Å². The number of nitriles is 1. The highest BCUT2D eigenvalue weighted by molar-refractivity contribution is 7.20. The minimum Gasteiger partial charge on any atom is -0.333 e. The van der Waals surface area contributed by atoms with E-state index in [2.05, 4.69) is 16.5 Å². The van der Waals surface area contributed by atoms with Gasteiger partial charge in [-0.25, -0.2) is 4.39 Å². The van der Waals surface area contributed by atoms with E-state index in [1.807, 2.05) is 20.8 Å². The highest BCUT2D eigenvalue weighted by Crippen LogP contribution is 2.48. The van der Waals surface area contributed by atoms with Crippen LogP contribution in [0, 0.1) is 30.0 Å². The molecule has 1 aromatic carbocycles. The third kappa shape index (κ3) is 4.23. The Bertz CT molecular complexity index is 1250. The van der Waals surface area contributed by atoms with Gasteiger partial charge in [-0.15, -0.1) is 11.3 Å². The number of carbonyl (C=O) groups excluding carboxylic acids is 1. The van der Waals surface area contributed by atoms with E-state index in [0.717, 1.165) is 44.1 Å². The van der Waals surface area contributed by atoms with Gasteiger partial charge in [0.1, 0.15) is 16.9 Å². The second-order valence-corrected chi connectivity index (χ2v) is 10.1. The van der Waals surface area contributed by atoms with Gasteiger partial charge >= 0.3 is 0 Å². The smallest absolute Gasteiger partial charge is 0.268 e. The zero-order valence-electron chi connectivity index (χ0n) is 19.4. The summed E-state index contributed by atoms with van der Waals surface area (Å²) in [6.07, 6.45) is 4.95. The lowest BCUT2D eigenvalue weighted by Crippen LogP contribution is -2.26. The van der Waals surface area contributed by atoms with Crippen LogP contribution >= 0.6 is 22.9 Å². The Morgan fingerprint density at radius 1 is 1.35 bits per heavy atom. The van der Waals surface area contributed by atoms with Crippen molar-refractivity contribution in [2.45, 2.75) is 64.7 Å². The van der Waals surface area contributed by atoms with Crippen LogP contribution in [-0.4, -0.2) is 16.0 Å². The highest BCUT2D eigenvalue weighted by atomic mass is 35.5. The molecule has 0 atom stereocenters. The van der Waals surface area contributed by atoms with Crippen molar-refractivity contribution >= 4 is 33.8 Å². The van der Waals surface area contributed by atoms with Gasteiger partial charge in [0.15, 0.2) is 5.82 Å². The van der Waals surface area contributed by atoms with Crippen LogP contribution in [0.25, 0.3) is 10.8 Å². The molecule has 4 rings (SSSR count). The Morgan fingerprint density at radius 2 is 2.06 bits per heavy atom. The van der Waals surface area contributed by atoms with Gasteiger partial charge in [-0.1, -0.05) is 49.5 Å². The second-order valence-electron chi connectivity index (χ2n) is 8.71. The fraction of sp³-hybridized carbons (Fsp3) is 0.440. The first-order chi connectivity index (χ1) is 16.3. The van der Waals surface area contributed by atoms with Crippen molar-refractivity contribution in [3.63, 3.8) is 0 Å². The lowest BCUT2D eigenvalue weighted by atomic mass is 9.78. The van der Waals surface area contributed by atoms with E-state index in [1.54, 1.807) is 6.07 Å². The first-order valence-electron chi connectivity index (χ1n) is 11.5. The summed E-state index contributed by atoms with van der Waals surface area (Å²) >= 11 is 7.70. The van der Waals surface area contributed by atoms with Crippen molar-refractivity contribution in [2.75, 3.05) is 5.32 Å². The minimum atomic E-state index is -0.553. The highest BCUT2D eigenvalue weighted by Gasteiger charge is 2.43. The van der Waals surface area contributed by atoms with Gasteiger partial charge < -0.3 is 9.84 Å². The lowest BCUT2D eigenvalue weighted by molar-refractivity contribution is -0.120. The predicted octanol–water partition coefficient (Wildman–Crippen LogP) is 7.01. The van der Waals surface area contributed by atoms with Crippen LogP contribution in [0.5, 0.6) is 0 Å². The third-order valence-corrected chi connectivity index (χ3v) is 8.31. The summed E-state index contributed by atoms with van der Waals surface area (Å²) in [5, 5.41) is 17.8. The molecular formula is C25H26ClFN4O2S. The number of hydrogen-bond donors (Lipinski definition) is 1. The van der Waals surface area contributed by atoms with Gasteiger partial charge in [-0.2, -0.15) is 10.2 Å². The molecule has 0 unspecified atom stereocenters. The normalized spacial score (nSPS) is 15.0. The summed E-state index contributed by atoms with van der Waals surface area (Å²) in [5.74, 6) is 0.187. The number of nitrogens with zero attached hydrogens (tertiary/aromatic N) is 3. The van der Waals surface area contributed by atoms with Crippen LogP contribution in [-0.2, 0) is 10.2 Å². The second kappa shape index (κ2) is 9.85. The molecule has 1 N–H and O–H groups in total. The Labute approximate surface area is 207 Å². The first kappa shape index (κ1) is 24.4. The zero-order chi connectivity index (χ0) is 24.5. The number of halogens is 2. The van der Waals surface area contributed by atoms with Gasteiger partial charge in [0, 0.05) is 10.9 Å². The number of benzene rings is 1. The number of nitrogens with one attached hydrogen (secondary N) is 1. The van der Waals surface area contributed by atoms with Crippen molar-refractivity contribution in [3.8, 4) is 16.8 Å². The van der Waals surface area contributed by atoms with Gasteiger partial charge in [0.25, 0.3) is 5.89 Å². The van der Waals surface area contributed by atoms with E-state index in [-0.39, 0.29) is 11.8 Å². The zero-order valence-corrected chi connectivity index (χ0v) is 20.9. The molecule has 9 heteroatoms. The quantitative estimate of drug-likeness (QED) is 0.377. The van der Waals surface area contributed by atoms with E-state index in [4.69, 9.17) is 21.1 Å². The van der Waals surface area contributed by atoms with Gasteiger partial charge in [-0.05, 0) is 55.9 Å². The molecule has 1 saturated carbocycles. The van der Waals surface area contributed by atoms with Gasteiger partial charge in [0.05, 0.1) is 15.9 Å². The average Bonchev–Trinajstić information content (AvgIpc) is 3.54. The molecule has 1 aliphatic carbocycles. The molecule has 6 nitrogen and oxygen atoms in total. The van der Waals surface area contributed by atoms with E-state index >= 15 is 0 Å². The SMILES string of the molecule is CCC(CC)C(=O)Nc1sc(-c2nc(C3(c4ccc(F)cc4Cl)CCCC3)no2)c(C)c1C#N. The number of thiophene rings is 1. The first-order valence-corrected chi connectivity index (χ1v) is 12.7. The molecule has 1 amide bonds. The van der Waals surface area contributed by atoms with Crippen LogP contribution in [0.2, 0.25) is 5.02 Å². The monoisotopic (exact) mass is 500 g/mol. The van der Waals surface area contributed by atoms with E-state index in [9.17, 15) is 14.4 Å². The molecule has 0 radical (unpaired) electrons. The summed E-state index contributed by atoms with van der Waals surface area (Å²) in [6, 6.07) is 6.62. The molecule has 1 fully saturated rings. The Hall–Kier alpha value is -2.76. The Morgan fingerprint density at radius 3 is 2.68 bits per heavy atom. The molecule has 0 saturated heterocycles. The van der Waals surface area contributed by atoms with Crippen molar-refractivity contribution in [1.29, 1.82) is 5.26 Å². The van der Waals surface area contributed by atoms with Crippen LogP contribution in [0.4, 0.5) is 9.39 Å². The van der Waals surface area contributed by atoms with Gasteiger partial charge in [-0.3, -0.25) is 4.79 Å². The molecule has 2 heterocycles. The lowest BCUT2D eigenvalue weighted by Gasteiger charge is -2.26. The van der Waals surface area contributed by atoms with E-state index < -0.39 is 11.2 Å². The largest absolute Gasteiger partial charge is 0.333 e. The van der Waals surface area contributed by atoms with E-state index in [1.165, 1.54) is 23.5 Å². The Kier molecular flexibility index (Phi) is 7.06. The summed E-state index contributed by atoms with van der Waals surface area (Å²) < 4.78 is 19.4. The standard InChI is InChI=1S/C25H26ClFN4O2S/c1-4-15(5-2)21(32)29-23-17(13-28)14(3)20(34-23)22-30-24(31-33-22)25(10-6-7-11-25)18-9-8-16(27)12-19(18)26/h8-9,12,15H,4-7,10-11H2,1-3H3,(H,29,32). The fourth-order valence-corrected chi connectivity index (χ4v) is 6.22. The predicted molar refractivity (Wildman–Crippen MR) is 130 cm³/mol. The number of amides is 1. The summed E-state index contributed by atoms with van der Waals surface area (Å²) in [5.41, 5.74) is 1.32.